The van der Waals surface area contributed by atoms with E-state index in [4.69, 9.17) is 4.74 Å². The Morgan fingerprint density at radius 2 is 2.04 bits per heavy atom. The molecule has 0 aromatic carbocycles. The largest absolute Gasteiger partial charge is 0.450 e. The predicted molar refractivity (Wildman–Crippen MR) is 81.2 cm³/mol. The fraction of sp³-hybridized carbons (Fsp3) is 0.467. The number of nitrogens with one attached hydrogen (secondary N) is 2. The van der Waals surface area contributed by atoms with Crippen molar-refractivity contribution < 1.29 is 19.1 Å². The van der Waals surface area contributed by atoms with Crippen molar-refractivity contribution in [3.63, 3.8) is 0 Å². The Kier molecular flexibility index (Phi) is 5.90. The van der Waals surface area contributed by atoms with Gasteiger partial charge in [0.2, 0.25) is 5.91 Å². The third kappa shape index (κ3) is 4.67. The number of likely N-dealkylation sites (tertiary alicyclic amines) is 1. The van der Waals surface area contributed by atoms with Crippen LogP contribution in [0.25, 0.3) is 0 Å². The van der Waals surface area contributed by atoms with Crippen LogP contribution in [0.2, 0.25) is 0 Å². The van der Waals surface area contributed by atoms with Gasteiger partial charge in [-0.05, 0) is 31.9 Å². The van der Waals surface area contributed by atoms with Crippen LogP contribution in [-0.4, -0.2) is 47.5 Å². The second kappa shape index (κ2) is 8.11. The maximum absolute atomic E-state index is 12.1. The highest BCUT2D eigenvalue weighted by Crippen LogP contribution is 2.17. The second-order valence-electron chi connectivity index (χ2n) is 5.15. The number of ether oxygens (including phenoxy) is 1. The van der Waals surface area contributed by atoms with E-state index in [2.05, 4.69) is 15.8 Å². The van der Waals surface area contributed by atoms with Gasteiger partial charge in [0.15, 0.2) is 0 Å². The fourth-order valence-corrected chi connectivity index (χ4v) is 2.33. The molecule has 0 radical (unpaired) electrons. The number of pyridine rings is 1. The molecular formula is C15H20N4O4. The Morgan fingerprint density at radius 1 is 1.30 bits per heavy atom. The van der Waals surface area contributed by atoms with Crippen LogP contribution >= 0.6 is 0 Å². The standard InChI is InChI=1S/C15H20N4O4/c1-2-23-15(22)19-8-5-11(6-9-19)13(20)17-18-14(21)12-4-3-7-16-10-12/h3-4,7,10-11H,2,5-6,8-9H2,1H3,(H,17,20)(H,18,21). The van der Waals surface area contributed by atoms with Crippen molar-refractivity contribution in [2.45, 2.75) is 19.8 Å². The molecule has 1 fully saturated rings. The van der Waals surface area contributed by atoms with Gasteiger partial charge in [-0.3, -0.25) is 25.4 Å². The molecule has 1 aliphatic rings. The third-order valence-corrected chi connectivity index (χ3v) is 3.61. The van der Waals surface area contributed by atoms with Crippen LogP contribution in [0.3, 0.4) is 0 Å². The summed E-state index contributed by atoms with van der Waals surface area (Å²) in [5.74, 6) is -0.920. The number of hydrogen-bond donors (Lipinski definition) is 2. The third-order valence-electron chi connectivity index (χ3n) is 3.61. The topological polar surface area (TPSA) is 101 Å². The minimum absolute atomic E-state index is 0.241. The zero-order chi connectivity index (χ0) is 16.7. The Hall–Kier alpha value is -2.64. The van der Waals surface area contributed by atoms with E-state index < -0.39 is 5.91 Å². The van der Waals surface area contributed by atoms with Crippen molar-refractivity contribution in [1.82, 2.24) is 20.7 Å². The Bertz CT molecular complexity index is 556. The molecule has 8 heteroatoms. The van der Waals surface area contributed by atoms with Crippen LogP contribution < -0.4 is 10.9 Å². The molecule has 0 unspecified atom stereocenters. The molecule has 124 valence electrons. The van der Waals surface area contributed by atoms with E-state index in [9.17, 15) is 14.4 Å². The average Bonchev–Trinajstić information content (AvgIpc) is 2.60. The van der Waals surface area contributed by atoms with Crippen LogP contribution in [-0.2, 0) is 9.53 Å². The summed E-state index contributed by atoms with van der Waals surface area (Å²) in [5, 5.41) is 0. The lowest BCUT2D eigenvalue weighted by atomic mass is 9.96. The van der Waals surface area contributed by atoms with Gasteiger partial charge in [-0.25, -0.2) is 4.79 Å². The Labute approximate surface area is 134 Å². The molecule has 2 rings (SSSR count). The summed E-state index contributed by atoms with van der Waals surface area (Å²) in [4.78, 5) is 40.9. The van der Waals surface area contributed by atoms with Gasteiger partial charge >= 0.3 is 6.09 Å². The van der Waals surface area contributed by atoms with E-state index in [1.165, 1.54) is 6.20 Å². The summed E-state index contributed by atoms with van der Waals surface area (Å²) in [6, 6.07) is 3.24. The number of hydrazine groups is 1. The molecule has 0 atom stereocenters. The number of piperidine rings is 1. The molecule has 0 saturated carbocycles. The van der Waals surface area contributed by atoms with Gasteiger partial charge in [-0.15, -0.1) is 0 Å². The fourth-order valence-electron chi connectivity index (χ4n) is 2.33. The van der Waals surface area contributed by atoms with Crippen molar-refractivity contribution in [2.24, 2.45) is 5.92 Å². The van der Waals surface area contributed by atoms with Crippen molar-refractivity contribution in [1.29, 1.82) is 0 Å². The normalized spacial score (nSPS) is 14.9. The number of aromatic nitrogens is 1. The molecule has 0 bridgehead atoms. The van der Waals surface area contributed by atoms with Crippen LogP contribution in [0.15, 0.2) is 24.5 Å². The van der Waals surface area contributed by atoms with Crippen LogP contribution in [0.4, 0.5) is 4.79 Å². The van der Waals surface area contributed by atoms with E-state index in [0.29, 0.717) is 38.1 Å². The molecule has 2 N–H and O–H groups in total. The van der Waals surface area contributed by atoms with Gasteiger partial charge in [0, 0.05) is 31.4 Å². The molecule has 23 heavy (non-hydrogen) atoms. The molecular weight excluding hydrogens is 300 g/mol. The minimum Gasteiger partial charge on any atom is -0.450 e. The van der Waals surface area contributed by atoms with Crippen molar-refractivity contribution in [3.05, 3.63) is 30.1 Å². The van der Waals surface area contributed by atoms with Crippen molar-refractivity contribution in [2.75, 3.05) is 19.7 Å². The number of rotatable bonds is 3. The highest BCUT2D eigenvalue weighted by atomic mass is 16.6. The first-order valence-electron chi connectivity index (χ1n) is 7.53. The van der Waals surface area contributed by atoms with Gasteiger partial charge in [0.25, 0.3) is 5.91 Å². The lowest BCUT2D eigenvalue weighted by molar-refractivity contribution is -0.127. The number of carbonyl (C=O) groups excluding carboxylic acids is 3. The molecule has 3 amide bonds. The zero-order valence-corrected chi connectivity index (χ0v) is 12.9. The van der Waals surface area contributed by atoms with Gasteiger partial charge in [-0.2, -0.15) is 0 Å². The Balaban J connectivity index is 1.75. The van der Waals surface area contributed by atoms with Crippen LogP contribution in [0, 0.1) is 5.92 Å². The van der Waals surface area contributed by atoms with Crippen LogP contribution in [0.5, 0.6) is 0 Å². The van der Waals surface area contributed by atoms with Gasteiger partial charge in [-0.1, -0.05) is 0 Å². The zero-order valence-electron chi connectivity index (χ0n) is 12.9. The summed E-state index contributed by atoms with van der Waals surface area (Å²) >= 11 is 0. The van der Waals surface area contributed by atoms with Gasteiger partial charge in [0.1, 0.15) is 0 Å². The molecule has 8 nitrogen and oxygen atoms in total. The van der Waals surface area contributed by atoms with E-state index >= 15 is 0 Å². The highest BCUT2D eigenvalue weighted by molar-refractivity contribution is 5.95. The number of amides is 3. The number of nitrogens with zero attached hydrogens (tertiary/aromatic N) is 2. The molecule has 1 aliphatic heterocycles. The van der Waals surface area contributed by atoms with E-state index in [0.717, 1.165) is 0 Å². The lowest BCUT2D eigenvalue weighted by Crippen LogP contribution is -2.48. The second-order valence-corrected chi connectivity index (χ2v) is 5.15. The van der Waals surface area contributed by atoms with Gasteiger partial charge in [0.05, 0.1) is 12.2 Å². The highest BCUT2D eigenvalue weighted by Gasteiger charge is 2.28. The minimum atomic E-state index is -0.421. The molecule has 1 saturated heterocycles. The maximum Gasteiger partial charge on any atom is 0.409 e. The monoisotopic (exact) mass is 320 g/mol. The van der Waals surface area contributed by atoms with E-state index in [1.54, 1.807) is 30.2 Å². The molecule has 1 aromatic rings. The average molecular weight is 320 g/mol. The molecule has 1 aromatic heterocycles. The number of carbonyl (C=O) groups is 3. The molecule has 0 aliphatic carbocycles. The molecule has 0 spiro atoms. The first kappa shape index (κ1) is 16.7. The summed E-state index contributed by atoms with van der Waals surface area (Å²) in [5.41, 5.74) is 5.15. The van der Waals surface area contributed by atoms with Crippen molar-refractivity contribution in [3.8, 4) is 0 Å². The first-order valence-corrected chi connectivity index (χ1v) is 7.53. The predicted octanol–water partition coefficient (Wildman–Crippen LogP) is 0.711. The Morgan fingerprint density at radius 3 is 2.65 bits per heavy atom. The summed E-state index contributed by atoms with van der Waals surface area (Å²) in [7, 11) is 0. The summed E-state index contributed by atoms with van der Waals surface area (Å²) in [6.45, 7) is 3.02. The lowest BCUT2D eigenvalue weighted by Gasteiger charge is -2.30. The summed E-state index contributed by atoms with van der Waals surface area (Å²) in [6.07, 6.45) is 3.70. The first-order chi connectivity index (χ1) is 11.1. The quantitative estimate of drug-likeness (QED) is 0.799. The maximum atomic E-state index is 12.1. The van der Waals surface area contributed by atoms with Crippen LogP contribution in [0.1, 0.15) is 30.1 Å². The molecule has 2 heterocycles. The SMILES string of the molecule is CCOC(=O)N1CCC(C(=O)NNC(=O)c2cccnc2)CC1. The van der Waals surface area contributed by atoms with E-state index in [-0.39, 0.29) is 17.9 Å². The number of hydrogen-bond acceptors (Lipinski definition) is 5. The van der Waals surface area contributed by atoms with Crippen molar-refractivity contribution >= 4 is 17.9 Å². The van der Waals surface area contributed by atoms with Gasteiger partial charge < -0.3 is 9.64 Å². The smallest absolute Gasteiger partial charge is 0.409 e. The summed E-state index contributed by atoms with van der Waals surface area (Å²) < 4.78 is 4.93. The van der Waals surface area contributed by atoms with E-state index in [1.807, 2.05) is 0 Å².